The van der Waals surface area contributed by atoms with Gasteiger partial charge in [0.25, 0.3) is 0 Å². The maximum atomic E-state index is 11.7. The molecule has 0 saturated heterocycles. The average Bonchev–Trinajstić information content (AvgIpc) is 2.65. The van der Waals surface area contributed by atoms with Gasteiger partial charge in [-0.15, -0.1) is 0 Å². The number of aliphatic hydroxyl groups is 1. The first-order valence-electron chi connectivity index (χ1n) is 7.62. The topological polar surface area (TPSA) is 60.4 Å². The first-order chi connectivity index (χ1) is 11.7. The Morgan fingerprint density at radius 2 is 1.00 bits per heavy atom. The maximum absolute atomic E-state index is 11.7. The summed E-state index contributed by atoms with van der Waals surface area (Å²) in [6.45, 7) is 0. The summed E-state index contributed by atoms with van der Waals surface area (Å²) in [5, 5.41) is 24.9. The van der Waals surface area contributed by atoms with E-state index in [1.807, 2.05) is 91.0 Å². The summed E-state index contributed by atoms with van der Waals surface area (Å²) in [5.74, 6) is -3.08. The zero-order chi connectivity index (χ0) is 17.0. The number of carboxylic acid groups (broad SMARTS) is 1. The number of aliphatic hydroxyl groups excluding tert-OH is 1. The lowest BCUT2D eigenvalue weighted by atomic mass is 10.4. The fraction of sp³-hybridized carbons (Fsp3) is 0.0500. The van der Waals surface area contributed by atoms with E-state index in [-0.39, 0.29) is 0 Å². The summed E-state index contributed by atoms with van der Waals surface area (Å²) in [6, 6.07) is 28.0. The fourth-order valence-electron chi connectivity index (χ4n) is 3.02. The second kappa shape index (κ2) is 6.96. The Kier molecular flexibility index (Phi) is 4.75. The molecular weight excluding hydrogens is 319 g/mol. The Bertz CT molecular complexity index is 707. The largest absolute Gasteiger partial charge is 0.543 e. The van der Waals surface area contributed by atoms with Crippen LogP contribution in [0.4, 0.5) is 0 Å². The van der Waals surface area contributed by atoms with E-state index in [2.05, 4.69) is 0 Å². The van der Waals surface area contributed by atoms with Gasteiger partial charge in [-0.05, 0) is 36.4 Å². The molecule has 1 unspecified atom stereocenters. The molecule has 0 heterocycles. The fourth-order valence-corrected chi connectivity index (χ4v) is 7.00. The quantitative estimate of drug-likeness (QED) is 0.709. The molecule has 0 fully saturated rings. The second-order valence-corrected chi connectivity index (χ2v) is 8.91. The third kappa shape index (κ3) is 2.73. The molecule has 1 N–H and O–H groups in total. The Hall–Kier alpha value is -2.48. The van der Waals surface area contributed by atoms with Crippen LogP contribution in [0.5, 0.6) is 0 Å². The van der Waals surface area contributed by atoms with E-state index in [9.17, 15) is 15.0 Å². The maximum Gasteiger partial charge on any atom is 0.218 e. The molecule has 0 spiro atoms. The van der Waals surface area contributed by atoms with Crippen molar-refractivity contribution >= 4 is 29.1 Å². The molecule has 0 bridgehead atoms. The minimum absolute atomic E-state index is 0.805. The van der Waals surface area contributed by atoms with E-state index in [0.29, 0.717) is 0 Å². The second-order valence-electron chi connectivity index (χ2n) is 5.42. The van der Waals surface area contributed by atoms with Crippen molar-refractivity contribution in [3.63, 3.8) is 0 Å². The van der Waals surface area contributed by atoms with E-state index in [1.165, 1.54) is 0 Å². The number of benzene rings is 3. The van der Waals surface area contributed by atoms with Crippen LogP contribution in [-0.2, 0) is 4.79 Å². The Labute approximate surface area is 141 Å². The number of carbonyl (C=O) groups excluding carboxylic acids is 1. The molecule has 0 aromatic heterocycles. The number of rotatable bonds is 5. The molecule has 0 amide bonds. The number of carbonyl (C=O) groups is 1. The molecule has 3 aromatic rings. The summed E-state index contributed by atoms with van der Waals surface area (Å²) in [6.07, 6.45) is 0. The van der Waals surface area contributed by atoms with Gasteiger partial charge in [-0.25, -0.2) is 0 Å². The number of hydrogen-bond acceptors (Lipinski definition) is 3. The lowest BCUT2D eigenvalue weighted by Gasteiger charge is -2.31. The van der Waals surface area contributed by atoms with Crippen molar-refractivity contribution in [3.8, 4) is 0 Å². The molecular formula is C20H17O3P. The van der Waals surface area contributed by atoms with Crippen LogP contribution >= 0.6 is 7.26 Å². The minimum atomic E-state index is -2.81. The minimum Gasteiger partial charge on any atom is -0.543 e. The van der Waals surface area contributed by atoms with Gasteiger partial charge >= 0.3 is 0 Å². The molecule has 1 atom stereocenters. The van der Waals surface area contributed by atoms with Crippen LogP contribution in [-0.4, -0.2) is 16.9 Å². The molecule has 3 aromatic carbocycles. The van der Waals surface area contributed by atoms with Crippen molar-refractivity contribution in [3.05, 3.63) is 91.0 Å². The highest BCUT2D eigenvalue weighted by Crippen LogP contribution is 2.58. The predicted octanol–water partition coefficient (Wildman–Crippen LogP) is 1.05. The van der Waals surface area contributed by atoms with E-state index < -0.39 is 19.1 Å². The average molecular weight is 336 g/mol. The first kappa shape index (κ1) is 16.4. The van der Waals surface area contributed by atoms with Crippen LogP contribution in [0.1, 0.15) is 0 Å². The van der Waals surface area contributed by atoms with E-state index in [1.54, 1.807) is 0 Å². The van der Waals surface area contributed by atoms with Crippen LogP contribution < -0.4 is 21.0 Å². The lowest BCUT2D eigenvalue weighted by molar-refractivity contribution is -0.310. The van der Waals surface area contributed by atoms with Crippen molar-refractivity contribution in [1.82, 2.24) is 0 Å². The predicted molar refractivity (Wildman–Crippen MR) is 96.2 cm³/mol. The zero-order valence-electron chi connectivity index (χ0n) is 12.9. The van der Waals surface area contributed by atoms with Crippen molar-refractivity contribution in [1.29, 1.82) is 0 Å². The smallest absolute Gasteiger partial charge is 0.218 e. The summed E-state index contributed by atoms with van der Waals surface area (Å²) in [7, 11) is -2.81. The molecule has 0 aliphatic carbocycles. The summed E-state index contributed by atoms with van der Waals surface area (Å²) in [4.78, 5) is 11.7. The molecule has 24 heavy (non-hydrogen) atoms. The van der Waals surface area contributed by atoms with Crippen molar-refractivity contribution < 1.29 is 15.0 Å². The van der Waals surface area contributed by atoms with Gasteiger partial charge in [0.15, 0.2) is 0 Å². The molecule has 0 saturated carbocycles. The SMILES string of the molecule is O=C([O-])C(O)[P+](c1ccccc1)(c1ccccc1)c1ccccc1. The highest BCUT2D eigenvalue weighted by Gasteiger charge is 2.52. The van der Waals surface area contributed by atoms with Crippen LogP contribution in [0.15, 0.2) is 91.0 Å². The monoisotopic (exact) mass is 336 g/mol. The standard InChI is InChI=1S/C20H17O3P/c21-19(22)20(23)24(16-10-4-1-5-11-16,17-12-6-2-7-13-17)18-14-8-3-9-15-18/h1-15,20,23H. The molecule has 0 aliphatic rings. The summed E-state index contributed by atoms with van der Waals surface area (Å²) < 4.78 is 0. The van der Waals surface area contributed by atoms with Gasteiger partial charge < -0.3 is 15.0 Å². The van der Waals surface area contributed by atoms with Gasteiger partial charge in [0.05, 0.1) is 0 Å². The molecule has 0 radical (unpaired) electrons. The lowest BCUT2D eigenvalue weighted by Crippen LogP contribution is -2.47. The summed E-state index contributed by atoms with van der Waals surface area (Å²) >= 11 is 0. The number of aliphatic carboxylic acids is 1. The van der Waals surface area contributed by atoms with Gasteiger partial charge in [-0.3, -0.25) is 0 Å². The van der Waals surface area contributed by atoms with Gasteiger partial charge in [0, 0.05) is 0 Å². The van der Waals surface area contributed by atoms with Crippen molar-refractivity contribution in [2.45, 2.75) is 5.85 Å². The van der Waals surface area contributed by atoms with Crippen molar-refractivity contribution in [2.24, 2.45) is 0 Å². The number of hydrogen-bond donors (Lipinski definition) is 1. The van der Waals surface area contributed by atoms with Crippen LogP contribution in [0.3, 0.4) is 0 Å². The van der Waals surface area contributed by atoms with E-state index in [4.69, 9.17) is 0 Å². The van der Waals surface area contributed by atoms with Crippen molar-refractivity contribution in [2.75, 3.05) is 0 Å². The Morgan fingerprint density at radius 3 is 1.25 bits per heavy atom. The van der Waals surface area contributed by atoms with Crippen LogP contribution in [0.25, 0.3) is 0 Å². The molecule has 120 valence electrons. The molecule has 4 heteroatoms. The molecule has 3 rings (SSSR count). The van der Waals surface area contributed by atoms with Gasteiger partial charge in [0.2, 0.25) is 5.85 Å². The van der Waals surface area contributed by atoms with E-state index in [0.717, 1.165) is 15.9 Å². The molecule has 0 aliphatic heterocycles. The van der Waals surface area contributed by atoms with E-state index >= 15 is 0 Å². The van der Waals surface area contributed by atoms with Crippen LogP contribution in [0, 0.1) is 0 Å². The summed E-state index contributed by atoms with van der Waals surface area (Å²) in [5.41, 5.74) is 0. The van der Waals surface area contributed by atoms with Gasteiger partial charge in [0.1, 0.15) is 29.1 Å². The van der Waals surface area contributed by atoms with Gasteiger partial charge in [-0.1, -0.05) is 54.6 Å². The number of carboxylic acids is 1. The molecule has 3 nitrogen and oxygen atoms in total. The third-order valence-electron chi connectivity index (χ3n) is 4.07. The highest BCUT2D eigenvalue weighted by molar-refractivity contribution is 7.96. The third-order valence-corrected chi connectivity index (χ3v) is 8.35. The van der Waals surface area contributed by atoms with Crippen LogP contribution in [0.2, 0.25) is 0 Å². The normalized spacial score (nSPS) is 12.5. The first-order valence-corrected chi connectivity index (χ1v) is 9.47. The zero-order valence-corrected chi connectivity index (χ0v) is 13.8. The Morgan fingerprint density at radius 1 is 0.708 bits per heavy atom. The Balaban J connectivity index is 2.39. The van der Waals surface area contributed by atoms with Gasteiger partial charge in [-0.2, -0.15) is 0 Å². The highest BCUT2D eigenvalue weighted by atomic mass is 31.2.